The van der Waals surface area contributed by atoms with E-state index < -0.39 is 62.7 Å². The van der Waals surface area contributed by atoms with Crippen molar-refractivity contribution in [1.82, 2.24) is 14.9 Å². The first-order chi connectivity index (χ1) is 14.9. The Morgan fingerprint density at radius 2 is 0.765 bits per heavy atom. The smallest absolute Gasteiger partial charge is 0.314 e. The number of rotatable bonds is 14. The second-order valence-corrected chi connectivity index (χ2v) is 10.4. The molecule has 0 saturated carbocycles. The molecule has 0 aliphatic carbocycles. The van der Waals surface area contributed by atoms with Crippen molar-refractivity contribution in [2.24, 2.45) is 0 Å². The molecule has 0 aliphatic rings. The van der Waals surface area contributed by atoms with Crippen LogP contribution in [0.25, 0.3) is 0 Å². The summed E-state index contributed by atoms with van der Waals surface area (Å²) in [7, 11) is -3.59. The molecular weight excluding hydrogens is 535 g/mol. The predicted octanol–water partition coefficient (Wildman–Crippen LogP) is 5.52. The van der Waals surface area contributed by atoms with Crippen molar-refractivity contribution >= 4 is 8.56 Å². The second-order valence-electron chi connectivity index (χ2n) is 7.07. The fourth-order valence-corrected chi connectivity index (χ4v) is 6.26. The molecule has 0 spiro atoms. The predicted molar refractivity (Wildman–Crippen MR) is 91.9 cm³/mol. The van der Waals surface area contributed by atoms with Gasteiger partial charge < -0.3 is 14.9 Å². The lowest BCUT2D eigenvalue weighted by Crippen LogP contribution is -2.74. The Labute approximate surface area is 185 Å². The zero-order chi connectivity index (χ0) is 27.7. The topological polar surface area (TPSA) is 36.1 Å². The van der Waals surface area contributed by atoms with E-state index >= 15 is 0 Å². The van der Waals surface area contributed by atoms with Crippen LogP contribution in [0.15, 0.2) is 0 Å². The van der Waals surface area contributed by atoms with Gasteiger partial charge in [0.15, 0.2) is 0 Å². The molecule has 0 aromatic heterocycles. The molecule has 3 nitrogen and oxygen atoms in total. The zero-order valence-corrected chi connectivity index (χ0v) is 18.7. The first kappa shape index (κ1) is 33.0. The molecule has 0 saturated heterocycles. The SMILES string of the molecule is CCN[Si](CCC(F)(F)C(F)(F)C(F)(F)C(F)(F)C(F)(F)C(F)(F)C(F)(F)F)(NCC)NCC. The molecule has 0 bridgehead atoms. The van der Waals surface area contributed by atoms with Crippen LogP contribution in [-0.4, -0.2) is 69.9 Å². The molecule has 3 N–H and O–H groups in total. The highest BCUT2D eigenvalue weighted by atomic mass is 28.4. The van der Waals surface area contributed by atoms with E-state index in [2.05, 4.69) is 14.9 Å². The molecule has 0 heterocycles. The maximum absolute atomic E-state index is 14.1. The Kier molecular flexibility index (Phi) is 9.91. The molecule has 0 radical (unpaired) electrons. The molecule has 0 fully saturated rings. The van der Waals surface area contributed by atoms with Crippen molar-refractivity contribution in [3.63, 3.8) is 0 Å². The Hall–Kier alpha value is -0.953. The zero-order valence-electron chi connectivity index (χ0n) is 17.7. The highest BCUT2D eigenvalue weighted by Gasteiger charge is 2.93. The Morgan fingerprint density at radius 3 is 1.06 bits per heavy atom. The Balaban J connectivity index is 6.35. The summed E-state index contributed by atoms with van der Waals surface area (Å²) in [6, 6.07) is -1.14. The summed E-state index contributed by atoms with van der Waals surface area (Å²) in [5.74, 6) is -46.2. The number of alkyl halides is 15. The van der Waals surface area contributed by atoms with Crippen LogP contribution >= 0.6 is 0 Å². The Bertz CT molecular complexity index is 649. The first-order valence-electron chi connectivity index (χ1n) is 9.47. The van der Waals surface area contributed by atoms with Crippen LogP contribution in [0.2, 0.25) is 6.04 Å². The van der Waals surface area contributed by atoms with Crippen LogP contribution in [0, 0.1) is 0 Å². The normalized spacial score (nSPS) is 15.7. The summed E-state index contributed by atoms with van der Waals surface area (Å²) in [6.45, 7) is 4.34. The van der Waals surface area contributed by atoms with Gasteiger partial charge in [0.25, 0.3) is 8.56 Å². The van der Waals surface area contributed by atoms with Gasteiger partial charge in [0.2, 0.25) is 0 Å². The third-order valence-electron chi connectivity index (χ3n) is 4.64. The average molecular weight is 557 g/mol. The van der Waals surface area contributed by atoms with Crippen LogP contribution < -0.4 is 14.9 Å². The van der Waals surface area contributed by atoms with Crippen molar-refractivity contribution in [2.75, 3.05) is 19.6 Å². The van der Waals surface area contributed by atoms with Crippen LogP contribution in [0.4, 0.5) is 65.9 Å². The summed E-state index contributed by atoms with van der Waals surface area (Å²) < 4.78 is 199. The van der Waals surface area contributed by atoms with Crippen LogP contribution in [-0.2, 0) is 0 Å². The quantitative estimate of drug-likeness (QED) is 0.195. The molecule has 19 heteroatoms. The maximum atomic E-state index is 14.1. The molecule has 0 rings (SSSR count). The largest absolute Gasteiger partial charge is 0.460 e. The van der Waals surface area contributed by atoms with Crippen molar-refractivity contribution in [2.45, 2.75) is 74.9 Å². The van der Waals surface area contributed by atoms with E-state index in [1.807, 2.05) is 0 Å². The summed E-state index contributed by atoms with van der Waals surface area (Å²) in [5, 5.41) is 0. The monoisotopic (exact) mass is 557 g/mol. The van der Waals surface area contributed by atoms with Crippen molar-refractivity contribution in [3.05, 3.63) is 0 Å². The minimum Gasteiger partial charge on any atom is -0.314 e. The van der Waals surface area contributed by atoms with E-state index in [1.165, 1.54) is 20.8 Å². The molecule has 206 valence electrons. The number of nitrogens with one attached hydrogen (secondary N) is 3. The number of hydrogen-bond donors (Lipinski definition) is 3. The minimum atomic E-state index is -8.26. The van der Waals surface area contributed by atoms with Crippen molar-refractivity contribution < 1.29 is 65.9 Å². The summed E-state index contributed by atoms with van der Waals surface area (Å²) in [6.07, 6.45) is -9.96. The van der Waals surface area contributed by atoms with Gasteiger partial charge in [-0.05, 0) is 25.7 Å². The Morgan fingerprint density at radius 1 is 0.471 bits per heavy atom. The summed E-state index contributed by atoms with van der Waals surface area (Å²) in [4.78, 5) is 7.83. The van der Waals surface area contributed by atoms with E-state index in [1.54, 1.807) is 0 Å². The number of hydrogen-bond acceptors (Lipinski definition) is 3. The van der Waals surface area contributed by atoms with Gasteiger partial charge >= 0.3 is 41.7 Å². The van der Waals surface area contributed by atoms with Crippen molar-refractivity contribution in [1.29, 1.82) is 0 Å². The van der Waals surface area contributed by atoms with E-state index in [0.29, 0.717) is 0 Å². The van der Waals surface area contributed by atoms with Crippen molar-refractivity contribution in [3.8, 4) is 0 Å². The van der Waals surface area contributed by atoms with Crippen LogP contribution in [0.1, 0.15) is 27.2 Å². The van der Waals surface area contributed by atoms with E-state index in [0.717, 1.165) is 0 Å². The van der Waals surface area contributed by atoms with Gasteiger partial charge in [0.1, 0.15) is 0 Å². The highest BCUT2D eigenvalue weighted by molar-refractivity contribution is 6.72. The maximum Gasteiger partial charge on any atom is 0.460 e. The van der Waals surface area contributed by atoms with Gasteiger partial charge in [0, 0.05) is 6.42 Å². The standard InChI is InChI=1S/C15H22F15N3Si/c1-4-31-34(32-5-2,33-6-3)8-7-9(16,17)10(18,19)11(20,21)12(22,23)13(24,25)14(26,27)15(28,29)30/h31-33H,4-8H2,1-3H3. The fraction of sp³-hybridized carbons (Fsp3) is 1.00. The van der Waals surface area contributed by atoms with Gasteiger partial charge in [-0.3, -0.25) is 0 Å². The summed E-state index contributed by atoms with van der Waals surface area (Å²) >= 11 is 0. The first-order valence-corrected chi connectivity index (χ1v) is 11.7. The molecule has 0 unspecified atom stereocenters. The fourth-order valence-electron chi connectivity index (χ4n) is 2.86. The molecular formula is C15H22F15N3Si. The molecule has 0 atom stereocenters. The molecule has 0 aliphatic heterocycles. The van der Waals surface area contributed by atoms with Gasteiger partial charge in [-0.1, -0.05) is 20.8 Å². The lowest BCUT2D eigenvalue weighted by Gasteiger charge is -2.42. The molecule has 34 heavy (non-hydrogen) atoms. The summed E-state index contributed by atoms with van der Waals surface area (Å²) in [5.41, 5.74) is 0. The van der Waals surface area contributed by atoms with E-state index in [-0.39, 0.29) is 19.6 Å². The van der Waals surface area contributed by atoms with E-state index in [9.17, 15) is 65.9 Å². The van der Waals surface area contributed by atoms with Gasteiger partial charge in [-0.25, -0.2) is 0 Å². The third-order valence-corrected chi connectivity index (χ3v) is 8.51. The average Bonchev–Trinajstić information content (AvgIpc) is 2.65. The lowest BCUT2D eigenvalue weighted by atomic mass is 9.90. The van der Waals surface area contributed by atoms with Gasteiger partial charge in [0.05, 0.1) is 0 Å². The van der Waals surface area contributed by atoms with E-state index in [4.69, 9.17) is 0 Å². The molecule has 0 aromatic rings. The minimum absolute atomic E-state index is 0.0150. The lowest BCUT2D eigenvalue weighted by molar-refractivity contribution is -0.452. The van der Waals surface area contributed by atoms with Crippen LogP contribution in [0.3, 0.4) is 0 Å². The highest BCUT2D eigenvalue weighted by Crippen LogP contribution is 2.62. The van der Waals surface area contributed by atoms with Gasteiger partial charge in [-0.15, -0.1) is 0 Å². The third kappa shape index (κ3) is 5.40. The molecule has 0 amide bonds. The van der Waals surface area contributed by atoms with Crippen LogP contribution in [0.5, 0.6) is 0 Å². The van der Waals surface area contributed by atoms with Gasteiger partial charge in [-0.2, -0.15) is 65.9 Å². The number of halogens is 15. The second kappa shape index (κ2) is 10.2. The molecule has 0 aromatic carbocycles.